The lowest BCUT2D eigenvalue weighted by Gasteiger charge is -2.25. The van der Waals surface area contributed by atoms with Crippen LogP contribution >= 0.6 is 0 Å². The number of carbonyl (C=O) groups is 5. The Labute approximate surface area is 256 Å². The maximum absolute atomic E-state index is 14.2. The predicted molar refractivity (Wildman–Crippen MR) is 159 cm³/mol. The van der Waals surface area contributed by atoms with Crippen LogP contribution in [-0.2, 0) is 16.0 Å². The molecule has 45 heavy (non-hydrogen) atoms. The van der Waals surface area contributed by atoms with E-state index in [9.17, 15) is 39.3 Å². The average Bonchev–Trinajstić information content (AvgIpc) is 2.97. The number of ether oxygens (including phenoxy) is 2. The fourth-order valence-corrected chi connectivity index (χ4v) is 4.88. The monoisotopic (exact) mass is 618 g/mol. The fourth-order valence-electron chi connectivity index (χ4n) is 4.88. The highest BCUT2D eigenvalue weighted by Crippen LogP contribution is 2.36. The van der Waals surface area contributed by atoms with E-state index in [0.717, 1.165) is 0 Å². The first-order chi connectivity index (χ1) is 21.4. The van der Waals surface area contributed by atoms with Gasteiger partial charge in [0, 0.05) is 6.04 Å². The number of rotatable bonds is 11. The number of aryl methyl sites for hydroxylation is 1. The zero-order valence-electron chi connectivity index (χ0n) is 23.8. The van der Waals surface area contributed by atoms with Crippen LogP contribution < -0.4 is 26.3 Å². The molecule has 1 aliphatic rings. The molecule has 0 aliphatic carbocycles. The molecule has 1 aliphatic heterocycles. The number of para-hydroxylation sites is 1. The van der Waals surface area contributed by atoms with Crippen molar-refractivity contribution in [3.05, 3.63) is 88.5 Å². The standard InChI is InChI=1S/C31H30N4O10/c32-31(33)35-19-10-11-21-18(13-19)3-2-12-44-28-22(4-1-5-23(28)45-30(21)43)27(40)26(16-6-8-17(9-7-16)29(41)42)34-20(14-24(36)37)15-25(38)39/h1,4-11,13,20,26,34H,2-3,12,14-15H2,(H,36,37)(H,38,39)(H,41,42)(H4,32,33,35). The largest absolute Gasteiger partial charge is 0.489 e. The van der Waals surface area contributed by atoms with Gasteiger partial charge in [0.05, 0.1) is 47.9 Å². The summed E-state index contributed by atoms with van der Waals surface area (Å²) in [5.41, 5.74) is 12.4. The third-order valence-electron chi connectivity index (χ3n) is 6.85. The highest BCUT2D eigenvalue weighted by atomic mass is 16.6. The van der Waals surface area contributed by atoms with Crippen LogP contribution in [-0.4, -0.2) is 63.6 Å². The van der Waals surface area contributed by atoms with E-state index in [1.807, 2.05) is 0 Å². The average molecular weight is 619 g/mol. The van der Waals surface area contributed by atoms with Crippen LogP contribution in [0.3, 0.4) is 0 Å². The summed E-state index contributed by atoms with van der Waals surface area (Å²) in [4.78, 5) is 65.9. The number of aromatic carboxylic acids is 1. The van der Waals surface area contributed by atoms with Crippen LogP contribution in [0.25, 0.3) is 0 Å². The second-order valence-electron chi connectivity index (χ2n) is 10.1. The van der Waals surface area contributed by atoms with Crippen LogP contribution in [0.5, 0.6) is 11.5 Å². The topological polar surface area (TPSA) is 241 Å². The molecule has 0 aromatic heterocycles. The van der Waals surface area contributed by atoms with Gasteiger partial charge in [0.15, 0.2) is 23.2 Å². The summed E-state index contributed by atoms with van der Waals surface area (Å²) in [6.45, 7) is 0.104. The zero-order chi connectivity index (χ0) is 32.7. The zero-order valence-corrected chi connectivity index (χ0v) is 23.8. The van der Waals surface area contributed by atoms with Gasteiger partial charge in [-0.3, -0.25) is 19.7 Å². The van der Waals surface area contributed by atoms with Gasteiger partial charge in [-0.25, -0.2) is 14.6 Å². The lowest BCUT2D eigenvalue weighted by atomic mass is 9.94. The molecule has 0 saturated carbocycles. The number of fused-ring (bicyclic) bond motifs is 2. The Morgan fingerprint density at radius 2 is 1.62 bits per heavy atom. The molecule has 3 aromatic rings. The van der Waals surface area contributed by atoms with Gasteiger partial charge in [0.2, 0.25) is 0 Å². The first-order valence-corrected chi connectivity index (χ1v) is 13.7. The van der Waals surface area contributed by atoms with Crippen LogP contribution in [0.2, 0.25) is 0 Å². The maximum atomic E-state index is 14.2. The molecule has 8 N–H and O–H groups in total. The number of aliphatic imine (C=N–C) groups is 1. The Bertz CT molecular complexity index is 1650. The molecule has 0 saturated heterocycles. The van der Waals surface area contributed by atoms with Crippen molar-refractivity contribution in [1.82, 2.24) is 5.32 Å². The normalized spacial score (nSPS) is 13.3. The summed E-state index contributed by atoms with van der Waals surface area (Å²) in [5, 5.41) is 30.9. The summed E-state index contributed by atoms with van der Waals surface area (Å²) in [5.74, 6) is -5.41. The van der Waals surface area contributed by atoms with Gasteiger partial charge in [-0.1, -0.05) is 18.2 Å². The predicted octanol–water partition coefficient (Wildman–Crippen LogP) is 2.67. The van der Waals surface area contributed by atoms with Gasteiger partial charge in [-0.15, -0.1) is 0 Å². The van der Waals surface area contributed by atoms with Crippen molar-refractivity contribution < 1.29 is 48.8 Å². The number of ketones is 1. The smallest absolute Gasteiger partial charge is 0.343 e. The summed E-state index contributed by atoms with van der Waals surface area (Å²) >= 11 is 0. The maximum Gasteiger partial charge on any atom is 0.343 e. The summed E-state index contributed by atoms with van der Waals surface area (Å²) < 4.78 is 11.7. The second kappa shape index (κ2) is 14.1. The molecule has 0 radical (unpaired) electrons. The van der Waals surface area contributed by atoms with Crippen molar-refractivity contribution in [1.29, 1.82) is 0 Å². The molecule has 0 spiro atoms. The second-order valence-corrected chi connectivity index (χ2v) is 10.1. The van der Waals surface area contributed by atoms with Crippen LogP contribution in [0.4, 0.5) is 5.69 Å². The molecule has 4 rings (SSSR count). The van der Waals surface area contributed by atoms with Gasteiger partial charge in [-0.05, 0) is 66.4 Å². The van der Waals surface area contributed by atoms with Gasteiger partial charge in [0.25, 0.3) is 0 Å². The molecular weight excluding hydrogens is 588 g/mol. The number of esters is 1. The quantitative estimate of drug-likeness (QED) is 0.0596. The summed E-state index contributed by atoms with van der Waals surface area (Å²) in [6, 6.07) is 11.9. The first kappa shape index (κ1) is 32.2. The lowest BCUT2D eigenvalue weighted by molar-refractivity contribution is -0.139. The molecule has 14 nitrogen and oxygen atoms in total. The van der Waals surface area contributed by atoms with E-state index in [1.165, 1.54) is 48.5 Å². The van der Waals surface area contributed by atoms with Gasteiger partial charge in [-0.2, -0.15) is 0 Å². The molecule has 1 heterocycles. The number of carbonyl (C=O) groups excluding carboxylic acids is 2. The van der Waals surface area contributed by atoms with Crippen LogP contribution in [0.1, 0.15) is 67.5 Å². The SMILES string of the molecule is NC(N)=Nc1ccc2c(c1)CCCOc1c(cccc1C(=O)C(NC(CC(=O)O)CC(=O)O)c1ccc(C(=O)O)cc1)OC2=O. The van der Waals surface area contributed by atoms with Crippen molar-refractivity contribution in [3.8, 4) is 11.5 Å². The number of aliphatic carboxylic acids is 2. The van der Waals surface area contributed by atoms with E-state index in [-0.39, 0.29) is 46.3 Å². The summed E-state index contributed by atoms with van der Waals surface area (Å²) in [7, 11) is 0. The fraction of sp³-hybridized carbons (Fsp3) is 0.226. The number of nitrogens with zero attached hydrogens (tertiary/aromatic N) is 1. The number of nitrogens with two attached hydrogens (primary N) is 2. The number of nitrogens with one attached hydrogen (secondary N) is 1. The minimum Gasteiger partial charge on any atom is -0.489 e. The third kappa shape index (κ3) is 8.20. The molecule has 0 bridgehead atoms. The minimum atomic E-state index is -1.33. The number of carboxylic acids is 3. The Balaban J connectivity index is 1.74. The Morgan fingerprint density at radius 3 is 2.24 bits per heavy atom. The van der Waals surface area contributed by atoms with E-state index < -0.39 is 54.6 Å². The highest BCUT2D eigenvalue weighted by Gasteiger charge is 2.31. The van der Waals surface area contributed by atoms with Crippen molar-refractivity contribution in [2.75, 3.05) is 6.61 Å². The van der Waals surface area contributed by atoms with E-state index in [0.29, 0.717) is 24.1 Å². The molecule has 0 amide bonds. The third-order valence-corrected chi connectivity index (χ3v) is 6.85. The van der Waals surface area contributed by atoms with Crippen molar-refractivity contribution in [2.24, 2.45) is 16.5 Å². The number of benzene rings is 3. The molecule has 234 valence electrons. The first-order valence-electron chi connectivity index (χ1n) is 13.7. The number of guanidine groups is 1. The Hall–Kier alpha value is -5.76. The number of hydrogen-bond donors (Lipinski definition) is 6. The van der Waals surface area contributed by atoms with Crippen molar-refractivity contribution in [2.45, 2.75) is 37.8 Å². The lowest BCUT2D eigenvalue weighted by Crippen LogP contribution is -2.40. The molecule has 1 atom stereocenters. The van der Waals surface area contributed by atoms with E-state index >= 15 is 0 Å². The van der Waals surface area contributed by atoms with Gasteiger partial charge >= 0.3 is 23.9 Å². The summed E-state index contributed by atoms with van der Waals surface area (Å²) in [6.07, 6.45) is -0.426. The van der Waals surface area contributed by atoms with Crippen LogP contribution in [0.15, 0.2) is 65.7 Å². The number of carboxylic acid groups (broad SMARTS) is 3. The number of hydrogen-bond acceptors (Lipinski definition) is 9. The Morgan fingerprint density at radius 1 is 0.933 bits per heavy atom. The minimum absolute atomic E-state index is 0.0339. The van der Waals surface area contributed by atoms with Crippen LogP contribution in [0, 0.1) is 0 Å². The molecular formula is C31H30N4O10. The molecule has 14 heteroatoms. The number of Topliss-reactive ketones (excluding diaryl/α,β-unsaturated/α-hetero) is 1. The van der Waals surface area contributed by atoms with Crippen molar-refractivity contribution >= 4 is 41.3 Å². The van der Waals surface area contributed by atoms with E-state index in [4.69, 9.17) is 20.9 Å². The van der Waals surface area contributed by atoms with Gasteiger partial charge < -0.3 is 36.3 Å². The van der Waals surface area contributed by atoms with Gasteiger partial charge in [0.1, 0.15) is 0 Å². The molecule has 0 fully saturated rings. The van der Waals surface area contributed by atoms with E-state index in [2.05, 4.69) is 10.3 Å². The molecule has 1 unspecified atom stereocenters. The highest BCUT2D eigenvalue weighted by molar-refractivity contribution is 6.04. The van der Waals surface area contributed by atoms with Crippen molar-refractivity contribution in [3.63, 3.8) is 0 Å². The van der Waals surface area contributed by atoms with E-state index in [1.54, 1.807) is 12.1 Å². The molecule has 3 aromatic carbocycles. The Kier molecular flexibility index (Phi) is 10.1.